The number of non-ortho nitro benzene ring substituents is 1. The molecule has 10 heteroatoms. The van der Waals surface area contributed by atoms with Gasteiger partial charge in [0.25, 0.3) is 11.4 Å². The molecule has 25 heavy (non-hydrogen) atoms. The van der Waals surface area contributed by atoms with Crippen molar-refractivity contribution in [2.45, 2.75) is 20.8 Å². The molecule has 0 bridgehead atoms. The maximum absolute atomic E-state index is 10.4. The van der Waals surface area contributed by atoms with Crippen LogP contribution in [0, 0.1) is 51.1 Å². The zero-order valence-corrected chi connectivity index (χ0v) is 13.6. The van der Waals surface area contributed by atoms with Gasteiger partial charge in [-0.25, -0.2) is 0 Å². The first-order valence-electron chi connectivity index (χ1n) is 6.88. The van der Waals surface area contributed by atoms with Crippen molar-refractivity contribution in [3.05, 3.63) is 77.4 Å². The molecule has 0 aromatic heterocycles. The van der Waals surface area contributed by atoms with Crippen LogP contribution in [-0.4, -0.2) is 19.9 Å². The van der Waals surface area contributed by atoms with Gasteiger partial charge in [-0.3, -0.25) is 30.3 Å². The van der Waals surface area contributed by atoms with E-state index < -0.39 is 37.6 Å². The molecule has 0 aliphatic heterocycles. The lowest BCUT2D eigenvalue weighted by molar-refractivity contribution is -0.404. The number of nitro benzene ring substituents is 3. The topological polar surface area (TPSA) is 150 Å². The monoisotopic (exact) mass is 349 g/mol. The molecule has 10 nitrogen and oxygen atoms in total. The maximum atomic E-state index is 10.4. The third kappa shape index (κ3) is 5.23. The molecule has 0 aliphatic carbocycles. The number of rotatable bonds is 3. The predicted molar refractivity (Wildman–Crippen MR) is 88.7 cm³/mol. The van der Waals surface area contributed by atoms with Crippen molar-refractivity contribution in [2.24, 2.45) is 0 Å². The molecule has 2 rings (SSSR count). The van der Waals surface area contributed by atoms with Crippen LogP contribution < -0.4 is 0 Å². The van der Waals surface area contributed by atoms with Gasteiger partial charge >= 0.3 is 11.4 Å². The van der Waals surface area contributed by atoms with E-state index in [9.17, 15) is 30.3 Å². The number of phenols is 1. The molecular formula is C15H15N3O7. The first kappa shape index (κ1) is 19.5. The van der Waals surface area contributed by atoms with Gasteiger partial charge in [0, 0.05) is 0 Å². The summed E-state index contributed by atoms with van der Waals surface area (Å²) in [5.41, 5.74) is 1.06. The highest BCUT2D eigenvalue weighted by Gasteiger charge is 2.30. The Morgan fingerprint density at radius 2 is 1.00 bits per heavy atom. The van der Waals surface area contributed by atoms with Crippen molar-refractivity contribution in [1.29, 1.82) is 0 Å². The summed E-state index contributed by atoms with van der Waals surface area (Å²) >= 11 is 0. The Morgan fingerprint density at radius 3 is 1.24 bits per heavy atom. The molecule has 0 radical (unpaired) electrons. The molecule has 0 saturated heterocycles. The van der Waals surface area contributed by atoms with Gasteiger partial charge in [-0.2, -0.15) is 0 Å². The molecule has 132 valence electrons. The Bertz CT molecular complexity index is 764. The van der Waals surface area contributed by atoms with Crippen LogP contribution in [0.15, 0.2) is 30.3 Å². The third-order valence-electron chi connectivity index (χ3n) is 3.02. The maximum Gasteiger partial charge on any atom is 0.324 e. The summed E-state index contributed by atoms with van der Waals surface area (Å²) in [6.07, 6.45) is 0. The largest absolute Gasteiger partial charge is 0.497 e. The molecule has 0 amide bonds. The highest BCUT2D eigenvalue weighted by molar-refractivity contribution is 5.64. The molecule has 2 aromatic carbocycles. The number of hydrogen-bond acceptors (Lipinski definition) is 7. The number of nitro groups is 3. The third-order valence-corrected chi connectivity index (χ3v) is 3.02. The smallest absolute Gasteiger partial charge is 0.324 e. The molecular weight excluding hydrogens is 334 g/mol. The van der Waals surface area contributed by atoms with E-state index in [4.69, 9.17) is 5.11 Å². The molecule has 2 aromatic rings. The number of aryl methyl sites for hydroxylation is 3. The van der Waals surface area contributed by atoms with E-state index in [1.54, 1.807) is 0 Å². The number of benzene rings is 2. The van der Waals surface area contributed by atoms with E-state index in [1.165, 1.54) is 16.7 Å². The van der Waals surface area contributed by atoms with Crippen molar-refractivity contribution in [2.75, 3.05) is 0 Å². The summed E-state index contributed by atoms with van der Waals surface area (Å²) in [6.45, 7) is 6.38. The summed E-state index contributed by atoms with van der Waals surface area (Å²) < 4.78 is 0. The SMILES string of the molecule is Cc1cc(C)cc(C)c1.O=[N+]([O-])c1cc([N+](=O)[O-])c(O)c([N+](=O)[O-])c1. The standard InChI is InChI=1S/C9H12.C6H3N3O7/c1-7-4-8(2)6-9(3)5-7;10-6-4(8(13)14)1-3(7(11)12)2-5(6)9(15)16/h4-6H,1-3H3;1-2,10H. The minimum atomic E-state index is -1.21. The second kappa shape index (κ2) is 7.81. The van der Waals surface area contributed by atoms with E-state index in [2.05, 4.69) is 39.0 Å². The first-order chi connectivity index (χ1) is 11.5. The number of phenolic OH excluding ortho intramolecular Hbond substituents is 1. The van der Waals surface area contributed by atoms with Gasteiger partial charge in [-0.1, -0.05) is 34.9 Å². The molecule has 0 aliphatic rings. The first-order valence-corrected chi connectivity index (χ1v) is 6.88. The zero-order chi connectivity index (χ0) is 19.3. The molecule has 0 unspecified atom stereocenters. The average Bonchev–Trinajstić information content (AvgIpc) is 2.45. The van der Waals surface area contributed by atoms with Crippen LogP contribution in [0.2, 0.25) is 0 Å². The van der Waals surface area contributed by atoms with Crippen LogP contribution in [0.5, 0.6) is 5.75 Å². The van der Waals surface area contributed by atoms with E-state index in [0.717, 1.165) is 0 Å². The van der Waals surface area contributed by atoms with Gasteiger partial charge in [0.05, 0.1) is 26.9 Å². The Morgan fingerprint density at radius 1 is 0.680 bits per heavy atom. The molecule has 0 saturated carbocycles. The number of aromatic hydroxyl groups is 1. The molecule has 0 fully saturated rings. The van der Waals surface area contributed by atoms with Gasteiger partial charge in [0.2, 0.25) is 0 Å². The molecule has 0 spiro atoms. The Balaban J connectivity index is 0.000000293. The molecule has 1 N–H and O–H groups in total. The quantitative estimate of drug-likeness (QED) is 0.655. The van der Waals surface area contributed by atoms with Crippen LogP contribution in [0.4, 0.5) is 17.1 Å². The van der Waals surface area contributed by atoms with Gasteiger partial charge in [0.1, 0.15) is 0 Å². The van der Waals surface area contributed by atoms with Crippen LogP contribution in [0.3, 0.4) is 0 Å². The lowest BCUT2D eigenvalue weighted by atomic mass is 10.1. The van der Waals surface area contributed by atoms with Gasteiger partial charge in [0.15, 0.2) is 0 Å². The molecule has 0 heterocycles. The van der Waals surface area contributed by atoms with Crippen LogP contribution in [0.25, 0.3) is 0 Å². The van der Waals surface area contributed by atoms with Gasteiger partial charge < -0.3 is 5.11 Å². The lowest BCUT2D eigenvalue weighted by Gasteiger charge is -1.97. The van der Waals surface area contributed by atoms with Crippen LogP contribution >= 0.6 is 0 Å². The highest BCUT2D eigenvalue weighted by atomic mass is 16.6. The normalized spacial score (nSPS) is 9.72. The Kier molecular flexibility index (Phi) is 6.09. The summed E-state index contributed by atoms with van der Waals surface area (Å²) in [5.74, 6) is -1.21. The van der Waals surface area contributed by atoms with Crippen LogP contribution in [0.1, 0.15) is 16.7 Å². The van der Waals surface area contributed by atoms with Crippen molar-refractivity contribution in [3.63, 3.8) is 0 Å². The van der Waals surface area contributed by atoms with E-state index in [0.29, 0.717) is 12.1 Å². The minimum absolute atomic E-state index is 0.447. The fourth-order valence-corrected chi connectivity index (χ4v) is 2.18. The number of nitrogens with zero attached hydrogens (tertiary/aromatic N) is 3. The predicted octanol–water partition coefficient (Wildman–Crippen LogP) is 3.73. The molecule has 0 atom stereocenters. The van der Waals surface area contributed by atoms with E-state index in [1.807, 2.05) is 0 Å². The van der Waals surface area contributed by atoms with Crippen molar-refractivity contribution < 1.29 is 19.9 Å². The second-order valence-corrected chi connectivity index (χ2v) is 5.27. The average molecular weight is 349 g/mol. The number of hydrogen-bond donors (Lipinski definition) is 1. The summed E-state index contributed by atoms with van der Waals surface area (Å²) in [4.78, 5) is 27.8. The summed E-state index contributed by atoms with van der Waals surface area (Å²) in [6, 6.07) is 7.46. The summed E-state index contributed by atoms with van der Waals surface area (Å²) in [5, 5.41) is 40.2. The van der Waals surface area contributed by atoms with Crippen molar-refractivity contribution in [1.82, 2.24) is 0 Å². The highest BCUT2D eigenvalue weighted by Crippen LogP contribution is 2.38. The zero-order valence-electron chi connectivity index (χ0n) is 13.6. The van der Waals surface area contributed by atoms with Crippen molar-refractivity contribution >= 4 is 17.1 Å². The Labute approximate surface area is 141 Å². The van der Waals surface area contributed by atoms with Gasteiger partial charge in [-0.15, -0.1) is 0 Å². The van der Waals surface area contributed by atoms with Gasteiger partial charge in [-0.05, 0) is 20.8 Å². The van der Waals surface area contributed by atoms with E-state index in [-0.39, 0.29) is 0 Å². The fraction of sp³-hybridized carbons (Fsp3) is 0.200. The van der Waals surface area contributed by atoms with E-state index >= 15 is 0 Å². The fourth-order valence-electron chi connectivity index (χ4n) is 2.18. The second-order valence-electron chi connectivity index (χ2n) is 5.27. The van der Waals surface area contributed by atoms with Crippen LogP contribution in [-0.2, 0) is 0 Å². The summed E-state index contributed by atoms with van der Waals surface area (Å²) in [7, 11) is 0. The van der Waals surface area contributed by atoms with Crippen molar-refractivity contribution in [3.8, 4) is 5.75 Å². The minimum Gasteiger partial charge on any atom is -0.497 e. The lowest BCUT2D eigenvalue weighted by Crippen LogP contribution is -1.97. The Hall–Kier alpha value is -3.56.